The molecule has 0 unspecified atom stereocenters. The van der Waals surface area contributed by atoms with Crippen LogP contribution < -0.4 is 10.6 Å². The number of ether oxygens (including phenoxy) is 1. The molecule has 0 saturated carbocycles. The molecule has 0 aliphatic carbocycles. The van der Waals surface area contributed by atoms with E-state index >= 15 is 0 Å². The number of aliphatic hydroxyl groups is 1. The molecular weight excluding hydrogens is 446 g/mol. The molecule has 0 aromatic rings. The number of aldehydes is 1. The van der Waals surface area contributed by atoms with E-state index in [-0.39, 0.29) is 29.5 Å². The van der Waals surface area contributed by atoms with Crippen molar-refractivity contribution in [1.82, 2.24) is 15.5 Å². The molecule has 4 N–H and O–H groups in total. The first-order chi connectivity index (χ1) is 15.0. The van der Waals surface area contributed by atoms with Crippen molar-refractivity contribution >= 4 is 41.6 Å². The van der Waals surface area contributed by atoms with Crippen LogP contribution in [0.15, 0.2) is 22.6 Å². The van der Waals surface area contributed by atoms with Gasteiger partial charge in [0.15, 0.2) is 5.76 Å². The number of rotatable bonds is 11. The van der Waals surface area contributed by atoms with Gasteiger partial charge in [0.2, 0.25) is 17.7 Å². The second-order valence-corrected chi connectivity index (χ2v) is 7.60. The molecule has 1 saturated heterocycles. The maximum absolute atomic E-state index is 12.8. The Hall–Kier alpha value is -3.08. The quantitative estimate of drug-likeness (QED) is 0.192. The summed E-state index contributed by atoms with van der Waals surface area (Å²) in [6.07, 6.45) is 1.71. The summed E-state index contributed by atoms with van der Waals surface area (Å²) < 4.78 is 4.84. The summed E-state index contributed by atoms with van der Waals surface area (Å²) in [5.74, 6) is -3.03. The van der Waals surface area contributed by atoms with Gasteiger partial charge in [-0.3, -0.25) is 19.2 Å². The zero-order valence-corrected chi connectivity index (χ0v) is 18.8. The van der Waals surface area contributed by atoms with Crippen LogP contribution in [0.25, 0.3) is 0 Å². The van der Waals surface area contributed by atoms with Gasteiger partial charge >= 0.3 is 5.97 Å². The molecule has 0 aromatic carbocycles. The Kier molecular flexibility index (Phi) is 10.7. The summed E-state index contributed by atoms with van der Waals surface area (Å²) in [6.45, 7) is 3.24. The van der Waals surface area contributed by atoms with Crippen molar-refractivity contribution in [1.29, 1.82) is 0 Å². The number of aliphatic hydroxyl groups excluding tert-OH is 1. The zero-order chi connectivity index (χ0) is 24.4. The fourth-order valence-corrected chi connectivity index (χ4v) is 3.27. The standard InChI is InChI=1S/C20H28ClN3O8/c1-11(22-16(26)7-6-14(21)18(29)12(2)32-3)20(31)24-8-4-5-15(24)19(30)23-13(10-25)9-17(27)28/h6,10-11,13,15,29H,4-5,7-9H2,1-3H3,(H,22,26)(H,23,30)(H,27,28)/b14-6+,18-12-/t11-,13-,15-/m0/s1. The number of hydrogen-bond acceptors (Lipinski definition) is 7. The lowest BCUT2D eigenvalue weighted by Crippen LogP contribution is -2.54. The van der Waals surface area contributed by atoms with Gasteiger partial charge in [-0.05, 0) is 26.7 Å². The number of carboxylic acids is 1. The Morgan fingerprint density at radius 3 is 2.47 bits per heavy atom. The molecular formula is C20H28ClN3O8. The van der Waals surface area contributed by atoms with Crippen molar-refractivity contribution in [2.45, 2.75) is 57.7 Å². The average Bonchev–Trinajstić information content (AvgIpc) is 3.24. The van der Waals surface area contributed by atoms with Crippen LogP contribution in [0.1, 0.15) is 39.5 Å². The minimum atomic E-state index is -1.24. The Morgan fingerprint density at radius 1 is 1.25 bits per heavy atom. The van der Waals surface area contributed by atoms with E-state index in [9.17, 15) is 29.1 Å². The van der Waals surface area contributed by atoms with Crippen molar-refractivity contribution in [3.05, 3.63) is 22.6 Å². The van der Waals surface area contributed by atoms with Crippen LogP contribution in [0.4, 0.5) is 0 Å². The van der Waals surface area contributed by atoms with E-state index in [2.05, 4.69) is 10.6 Å². The Balaban J connectivity index is 2.72. The second kappa shape index (κ2) is 12.7. The molecule has 0 aromatic heterocycles. The summed E-state index contributed by atoms with van der Waals surface area (Å²) in [4.78, 5) is 60.4. The van der Waals surface area contributed by atoms with Crippen molar-refractivity contribution in [3.63, 3.8) is 0 Å². The second-order valence-electron chi connectivity index (χ2n) is 7.19. The first kappa shape index (κ1) is 27.0. The van der Waals surface area contributed by atoms with Gasteiger partial charge in [-0.1, -0.05) is 17.7 Å². The van der Waals surface area contributed by atoms with Gasteiger partial charge in [-0.25, -0.2) is 0 Å². The molecule has 1 heterocycles. The molecule has 0 bridgehead atoms. The van der Waals surface area contributed by atoms with Crippen LogP contribution in [0.5, 0.6) is 0 Å². The van der Waals surface area contributed by atoms with Crippen molar-refractivity contribution < 1.29 is 38.9 Å². The first-order valence-corrected chi connectivity index (χ1v) is 10.3. The summed E-state index contributed by atoms with van der Waals surface area (Å²) in [6, 6.07) is -3.02. The predicted molar refractivity (Wildman–Crippen MR) is 113 cm³/mol. The van der Waals surface area contributed by atoms with Gasteiger partial charge < -0.3 is 35.3 Å². The zero-order valence-electron chi connectivity index (χ0n) is 18.1. The largest absolute Gasteiger partial charge is 0.503 e. The number of methoxy groups -OCH3 is 1. The molecule has 0 radical (unpaired) electrons. The molecule has 11 nitrogen and oxygen atoms in total. The number of allylic oxidation sites excluding steroid dienone is 2. The van der Waals surface area contributed by atoms with Gasteiger partial charge in [0.25, 0.3) is 0 Å². The molecule has 1 rings (SSSR count). The third kappa shape index (κ3) is 7.88. The molecule has 1 aliphatic rings. The van der Waals surface area contributed by atoms with Crippen molar-refractivity contribution in [2.75, 3.05) is 13.7 Å². The number of hydrogen-bond donors (Lipinski definition) is 4. The molecule has 1 aliphatic heterocycles. The molecule has 1 fully saturated rings. The average molecular weight is 474 g/mol. The van der Waals surface area contributed by atoms with Gasteiger partial charge in [0.1, 0.15) is 24.1 Å². The van der Waals surface area contributed by atoms with Crippen LogP contribution >= 0.6 is 11.6 Å². The number of likely N-dealkylation sites (tertiary alicyclic amines) is 1. The number of aliphatic carboxylic acids is 1. The number of carbonyl (C=O) groups is 5. The van der Waals surface area contributed by atoms with Gasteiger partial charge in [0.05, 0.1) is 24.6 Å². The number of carbonyl (C=O) groups excluding carboxylic acids is 4. The van der Waals surface area contributed by atoms with E-state index < -0.39 is 48.2 Å². The van der Waals surface area contributed by atoms with Crippen LogP contribution in [0, 0.1) is 0 Å². The van der Waals surface area contributed by atoms with Gasteiger partial charge in [-0.15, -0.1) is 0 Å². The van der Waals surface area contributed by atoms with E-state index in [1.165, 1.54) is 31.9 Å². The SMILES string of the molecule is CO/C(C)=C(O)/C(Cl)=C\CC(=O)N[C@@H](C)C(=O)N1CCC[C@H]1C(=O)N[C@H](C=O)CC(=O)O. The molecule has 0 spiro atoms. The Morgan fingerprint density at radius 2 is 1.91 bits per heavy atom. The fraction of sp³-hybridized carbons (Fsp3) is 0.550. The lowest BCUT2D eigenvalue weighted by Gasteiger charge is -2.27. The molecule has 3 atom stereocenters. The number of halogens is 1. The highest BCUT2D eigenvalue weighted by Crippen LogP contribution is 2.19. The smallest absolute Gasteiger partial charge is 0.305 e. The van der Waals surface area contributed by atoms with E-state index in [1.54, 1.807) is 0 Å². The lowest BCUT2D eigenvalue weighted by atomic mass is 10.1. The van der Waals surface area contributed by atoms with Crippen LogP contribution in [0.2, 0.25) is 0 Å². The van der Waals surface area contributed by atoms with E-state index in [0.29, 0.717) is 19.1 Å². The summed E-state index contributed by atoms with van der Waals surface area (Å²) in [5, 5.41) is 23.3. The third-order valence-electron chi connectivity index (χ3n) is 4.81. The predicted octanol–water partition coefficient (Wildman–Crippen LogP) is 0.589. The topological polar surface area (TPSA) is 162 Å². The molecule has 3 amide bonds. The lowest BCUT2D eigenvalue weighted by molar-refractivity contribution is -0.142. The Labute approximate surface area is 190 Å². The van der Waals surface area contributed by atoms with Crippen molar-refractivity contribution in [3.8, 4) is 0 Å². The Bertz CT molecular complexity index is 811. The third-order valence-corrected chi connectivity index (χ3v) is 5.14. The minimum Gasteiger partial charge on any atom is -0.503 e. The highest BCUT2D eigenvalue weighted by atomic mass is 35.5. The van der Waals surface area contributed by atoms with E-state index in [1.807, 2.05) is 0 Å². The normalized spacial score (nSPS) is 18.8. The van der Waals surface area contributed by atoms with E-state index in [4.69, 9.17) is 21.4 Å². The highest BCUT2D eigenvalue weighted by molar-refractivity contribution is 6.31. The molecule has 32 heavy (non-hydrogen) atoms. The number of carboxylic acid groups (broad SMARTS) is 1. The maximum Gasteiger partial charge on any atom is 0.305 e. The number of nitrogens with zero attached hydrogens (tertiary/aromatic N) is 1. The summed E-state index contributed by atoms with van der Waals surface area (Å²) in [5.41, 5.74) is 0. The monoisotopic (exact) mass is 473 g/mol. The van der Waals surface area contributed by atoms with Crippen molar-refractivity contribution in [2.24, 2.45) is 0 Å². The fourth-order valence-electron chi connectivity index (χ4n) is 3.06. The van der Waals surface area contributed by atoms with Crippen LogP contribution in [-0.2, 0) is 28.7 Å². The van der Waals surface area contributed by atoms with E-state index in [0.717, 1.165) is 0 Å². The molecule has 178 valence electrons. The first-order valence-electron chi connectivity index (χ1n) is 9.88. The van der Waals surface area contributed by atoms with Gasteiger partial charge in [0, 0.05) is 13.0 Å². The highest BCUT2D eigenvalue weighted by Gasteiger charge is 2.37. The van der Waals surface area contributed by atoms with Crippen LogP contribution in [-0.4, -0.2) is 76.9 Å². The maximum atomic E-state index is 12.8. The summed E-state index contributed by atoms with van der Waals surface area (Å²) >= 11 is 5.90. The van der Waals surface area contributed by atoms with Gasteiger partial charge in [-0.2, -0.15) is 0 Å². The number of amides is 3. The van der Waals surface area contributed by atoms with Crippen LogP contribution in [0.3, 0.4) is 0 Å². The minimum absolute atomic E-state index is 0.0825. The molecule has 12 heteroatoms. The number of nitrogens with one attached hydrogen (secondary N) is 2. The summed E-state index contributed by atoms with van der Waals surface area (Å²) in [7, 11) is 1.35.